The van der Waals surface area contributed by atoms with Gasteiger partial charge >= 0.3 is 0 Å². The van der Waals surface area contributed by atoms with Crippen molar-refractivity contribution in [3.8, 4) is 0 Å². The second-order valence-corrected chi connectivity index (χ2v) is 15.7. The van der Waals surface area contributed by atoms with Gasteiger partial charge in [-0.15, -0.1) is 0 Å². The molecule has 1 fully saturated rings. The molecule has 1 heterocycles. The van der Waals surface area contributed by atoms with Gasteiger partial charge in [-0.1, -0.05) is 51.1 Å². The minimum atomic E-state index is -1.25. The van der Waals surface area contributed by atoms with E-state index in [2.05, 4.69) is 52.8 Å². The van der Waals surface area contributed by atoms with Crippen molar-refractivity contribution < 1.29 is 43.2 Å². The third-order valence-electron chi connectivity index (χ3n) is 9.74. The number of amides is 9. The number of rotatable bonds is 18. The fraction of sp³-hybridized carbons (Fsp3) is 0.610. The zero-order chi connectivity index (χ0) is 46.4. The SMILES string of the molecule is CC[C@H](NC(=O)[C@H](C)NC(=O)[C@H](C)NC(C)=O)C(=O)N[C@@H](CCCN=C(N)N)C(=O)NC1CCCCNC(=O)CNC(=O)C(Cc2ccccc2)NC(=O)C(CC(C)C)NC1=O. The van der Waals surface area contributed by atoms with Crippen LogP contribution < -0.4 is 59.3 Å². The van der Waals surface area contributed by atoms with E-state index < -0.39 is 95.5 Å². The fourth-order valence-corrected chi connectivity index (χ4v) is 6.37. The third-order valence-corrected chi connectivity index (χ3v) is 9.74. The Hall–Kier alpha value is -6.28. The lowest BCUT2D eigenvalue weighted by Crippen LogP contribution is -2.60. The molecule has 9 amide bonds. The lowest BCUT2D eigenvalue weighted by atomic mass is 10.00. The molecule has 0 radical (unpaired) electrons. The quantitative estimate of drug-likeness (QED) is 0.0420. The summed E-state index contributed by atoms with van der Waals surface area (Å²) >= 11 is 0. The predicted octanol–water partition coefficient (Wildman–Crippen LogP) is -2.39. The molecule has 0 aliphatic carbocycles. The lowest BCUT2D eigenvalue weighted by molar-refractivity contribution is -0.136. The number of nitrogens with zero attached hydrogens (tertiary/aromatic N) is 1. The van der Waals surface area contributed by atoms with Crippen molar-refractivity contribution in [2.45, 2.75) is 135 Å². The van der Waals surface area contributed by atoms with Crippen LogP contribution in [0, 0.1) is 5.92 Å². The van der Waals surface area contributed by atoms with E-state index in [1.807, 2.05) is 19.9 Å². The van der Waals surface area contributed by atoms with Crippen molar-refractivity contribution in [2.24, 2.45) is 22.4 Å². The highest BCUT2D eigenvalue weighted by Gasteiger charge is 2.33. The van der Waals surface area contributed by atoms with Crippen LogP contribution in [0.4, 0.5) is 0 Å². The largest absolute Gasteiger partial charge is 0.370 e. The smallest absolute Gasteiger partial charge is 0.243 e. The van der Waals surface area contributed by atoms with E-state index in [1.54, 1.807) is 31.2 Å². The number of guanidine groups is 1. The zero-order valence-electron chi connectivity index (χ0n) is 36.6. The molecule has 21 heteroatoms. The first kappa shape index (κ1) is 51.9. The molecule has 0 spiro atoms. The number of nitrogens with one attached hydrogen (secondary N) is 9. The molecule has 13 N–H and O–H groups in total. The summed E-state index contributed by atoms with van der Waals surface area (Å²) in [6.45, 7) is 9.44. The summed E-state index contributed by atoms with van der Waals surface area (Å²) in [5, 5.41) is 23.7. The Balaban J connectivity index is 2.36. The van der Waals surface area contributed by atoms with E-state index in [-0.39, 0.29) is 70.0 Å². The van der Waals surface area contributed by atoms with Crippen LogP contribution in [0.3, 0.4) is 0 Å². The highest BCUT2D eigenvalue weighted by atomic mass is 16.2. The van der Waals surface area contributed by atoms with Crippen molar-refractivity contribution >= 4 is 59.1 Å². The summed E-state index contributed by atoms with van der Waals surface area (Å²) in [5.41, 5.74) is 11.7. The summed E-state index contributed by atoms with van der Waals surface area (Å²) in [5.74, 6) is -5.86. The second-order valence-electron chi connectivity index (χ2n) is 15.7. The molecule has 1 aromatic carbocycles. The maximum absolute atomic E-state index is 14.1. The summed E-state index contributed by atoms with van der Waals surface area (Å²) in [7, 11) is 0. The van der Waals surface area contributed by atoms with Crippen molar-refractivity contribution in [2.75, 3.05) is 19.6 Å². The molecule has 1 aliphatic heterocycles. The van der Waals surface area contributed by atoms with Crippen LogP contribution in [0.25, 0.3) is 0 Å². The Bertz CT molecular complexity index is 1740. The van der Waals surface area contributed by atoms with Gasteiger partial charge in [-0.05, 0) is 70.3 Å². The Morgan fingerprint density at radius 1 is 0.758 bits per heavy atom. The Labute approximate surface area is 362 Å². The van der Waals surface area contributed by atoms with Crippen LogP contribution in [0.1, 0.15) is 92.1 Å². The van der Waals surface area contributed by atoms with Gasteiger partial charge < -0.3 is 59.3 Å². The van der Waals surface area contributed by atoms with Crippen molar-refractivity contribution in [1.29, 1.82) is 0 Å². The molecule has 3 unspecified atom stereocenters. The molecule has 1 aliphatic rings. The zero-order valence-corrected chi connectivity index (χ0v) is 36.6. The van der Waals surface area contributed by atoms with Crippen LogP contribution >= 0.6 is 0 Å². The summed E-state index contributed by atoms with van der Waals surface area (Å²) < 4.78 is 0. The van der Waals surface area contributed by atoms with Crippen molar-refractivity contribution in [3.05, 3.63) is 35.9 Å². The molecule has 2 rings (SSSR count). The Kier molecular flexibility index (Phi) is 22.4. The average molecular weight is 871 g/mol. The Morgan fingerprint density at radius 2 is 1.39 bits per heavy atom. The van der Waals surface area contributed by atoms with E-state index in [0.29, 0.717) is 12.8 Å². The van der Waals surface area contributed by atoms with Gasteiger partial charge in [0, 0.05) is 26.4 Å². The highest BCUT2D eigenvalue weighted by molar-refractivity contribution is 5.97. The van der Waals surface area contributed by atoms with Crippen LogP contribution in [0.2, 0.25) is 0 Å². The number of hydrogen-bond donors (Lipinski definition) is 11. The molecule has 0 aromatic heterocycles. The van der Waals surface area contributed by atoms with Crippen LogP contribution in [0.5, 0.6) is 0 Å². The minimum Gasteiger partial charge on any atom is -0.370 e. The fourth-order valence-electron chi connectivity index (χ4n) is 6.37. The lowest BCUT2D eigenvalue weighted by Gasteiger charge is -2.28. The summed E-state index contributed by atoms with van der Waals surface area (Å²) in [6.07, 6.45) is 1.44. The molecular weight excluding hydrogens is 805 g/mol. The van der Waals surface area contributed by atoms with Gasteiger partial charge in [0.2, 0.25) is 53.2 Å². The molecule has 0 bridgehead atoms. The van der Waals surface area contributed by atoms with Crippen LogP contribution in [-0.4, -0.2) is 121 Å². The van der Waals surface area contributed by atoms with Gasteiger partial charge in [0.1, 0.15) is 42.3 Å². The van der Waals surface area contributed by atoms with Gasteiger partial charge in [-0.25, -0.2) is 0 Å². The predicted molar refractivity (Wildman–Crippen MR) is 230 cm³/mol. The summed E-state index contributed by atoms with van der Waals surface area (Å²) in [4.78, 5) is 122. The molecule has 1 saturated heterocycles. The van der Waals surface area contributed by atoms with Gasteiger partial charge in [-0.2, -0.15) is 0 Å². The first-order valence-electron chi connectivity index (χ1n) is 21.0. The maximum atomic E-state index is 14.1. The number of aliphatic imine (C=N–C) groups is 1. The molecule has 21 nitrogen and oxygen atoms in total. The standard InChI is InChI=1S/C41H66N12O9/c1-7-28(49-35(57)25(5)48-34(56)24(4)47-26(6)54)37(59)50-30(17-13-19-45-41(42)43)38(60)51-29-16-11-12-18-44-33(55)22-46-36(58)32(21-27-14-9-8-10-15-27)53-40(62)31(20-23(2)3)52-39(29)61/h8-10,14-15,23-25,28-32H,7,11-13,16-22H2,1-6H3,(H,44,55)(H,46,58)(H,47,54)(H,48,56)(H,49,57)(H,50,59)(H,51,60)(H,52,61)(H,53,62)(H4,42,43,45)/t24-,25-,28-,29?,30-,31?,32?/m0/s1. The monoisotopic (exact) mass is 871 g/mol. The molecule has 344 valence electrons. The van der Waals surface area contributed by atoms with Crippen LogP contribution in [-0.2, 0) is 49.6 Å². The van der Waals surface area contributed by atoms with Gasteiger partial charge in [0.05, 0.1) is 6.54 Å². The first-order valence-corrected chi connectivity index (χ1v) is 21.0. The second kappa shape index (κ2) is 26.8. The molecule has 0 saturated carbocycles. The van der Waals surface area contributed by atoms with E-state index in [1.165, 1.54) is 20.8 Å². The van der Waals surface area contributed by atoms with E-state index in [9.17, 15) is 43.2 Å². The van der Waals surface area contributed by atoms with Gasteiger partial charge in [0.15, 0.2) is 5.96 Å². The third kappa shape index (κ3) is 19.4. The molecule has 7 atom stereocenters. The highest BCUT2D eigenvalue weighted by Crippen LogP contribution is 2.11. The first-order chi connectivity index (χ1) is 29.3. The molecule has 62 heavy (non-hydrogen) atoms. The normalized spacial score (nSPS) is 19.7. The number of carbonyl (C=O) groups is 9. The van der Waals surface area contributed by atoms with Crippen molar-refractivity contribution in [1.82, 2.24) is 47.9 Å². The van der Waals surface area contributed by atoms with Gasteiger partial charge in [0.25, 0.3) is 0 Å². The van der Waals surface area contributed by atoms with E-state index >= 15 is 0 Å². The molecule has 1 aromatic rings. The topological polar surface area (TPSA) is 326 Å². The summed E-state index contributed by atoms with van der Waals surface area (Å²) in [6, 6.07) is 1.15. The number of hydrogen-bond acceptors (Lipinski definition) is 10. The van der Waals surface area contributed by atoms with E-state index in [4.69, 9.17) is 11.5 Å². The Morgan fingerprint density at radius 3 is 2.02 bits per heavy atom. The maximum Gasteiger partial charge on any atom is 0.243 e. The number of benzene rings is 1. The van der Waals surface area contributed by atoms with Crippen LogP contribution in [0.15, 0.2) is 35.3 Å². The van der Waals surface area contributed by atoms with E-state index in [0.717, 1.165) is 5.56 Å². The average Bonchev–Trinajstić information content (AvgIpc) is 3.20. The van der Waals surface area contributed by atoms with Gasteiger partial charge in [-0.3, -0.25) is 48.1 Å². The number of nitrogens with two attached hydrogens (primary N) is 2. The number of carbonyl (C=O) groups excluding carboxylic acids is 9. The molecular formula is C41H66N12O9. The minimum absolute atomic E-state index is 0.00977. The van der Waals surface area contributed by atoms with Crippen molar-refractivity contribution in [3.63, 3.8) is 0 Å².